The van der Waals surface area contributed by atoms with Crippen molar-refractivity contribution in [2.45, 2.75) is 19.4 Å². The van der Waals surface area contributed by atoms with Crippen LogP contribution in [-0.4, -0.2) is 25.4 Å². The lowest BCUT2D eigenvalue weighted by Gasteiger charge is -2.16. The van der Waals surface area contributed by atoms with E-state index in [-0.39, 0.29) is 12.6 Å². The molecule has 0 aliphatic rings. The Kier molecular flexibility index (Phi) is 5.80. The lowest BCUT2D eigenvalue weighted by molar-refractivity contribution is 0.268. The number of aliphatic hydroxyl groups excluding tert-OH is 1. The Hall–Kier alpha value is -0.580. The van der Waals surface area contributed by atoms with E-state index in [1.165, 1.54) is 0 Å². The number of rotatable bonds is 6. The van der Waals surface area contributed by atoms with Gasteiger partial charge in [0.25, 0.3) is 0 Å². The Balaban J connectivity index is 2.85. The van der Waals surface area contributed by atoms with E-state index < -0.39 is 0 Å². The van der Waals surface area contributed by atoms with Gasteiger partial charge in [0.1, 0.15) is 5.75 Å². The monoisotopic (exact) mass is 287 g/mol. The summed E-state index contributed by atoms with van der Waals surface area (Å²) < 4.78 is 6.40. The van der Waals surface area contributed by atoms with Crippen molar-refractivity contribution in [1.82, 2.24) is 5.32 Å². The Labute approximate surface area is 105 Å². The minimum absolute atomic E-state index is 0.177. The maximum absolute atomic E-state index is 8.96. The Morgan fingerprint density at radius 3 is 2.75 bits per heavy atom. The van der Waals surface area contributed by atoms with Gasteiger partial charge in [-0.25, -0.2) is 0 Å². The van der Waals surface area contributed by atoms with E-state index in [0.29, 0.717) is 13.0 Å². The summed E-state index contributed by atoms with van der Waals surface area (Å²) in [6.07, 6.45) is 0.705. The van der Waals surface area contributed by atoms with Gasteiger partial charge in [0.05, 0.1) is 11.1 Å². The highest BCUT2D eigenvalue weighted by Crippen LogP contribution is 2.29. The SMILES string of the molecule is CCOc1ccc(C(CCO)NC)cc1Br. The molecule has 1 rings (SSSR count). The molecule has 16 heavy (non-hydrogen) atoms. The third-order valence-corrected chi connectivity index (χ3v) is 3.04. The average Bonchev–Trinajstić information content (AvgIpc) is 2.29. The highest BCUT2D eigenvalue weighted by atomic mass is 79.9. The second kappa shape index (κ2) is 6.89. The predicted octanol–water partition coefficient (Wildman–Crippen LogP) is 2.49. The Morgan fingerprint density at radius 1 is 1.50 bits per heavy atom. The van der Waals surface area contributed by atoms with Crippen molar-refractivity contribution in [3.05, 3.63) is 28.2 Å². The third-order valence-electron chi connectivity index (χ3n) is 2.42. The summed E-state index contributed by atoms with van der Waals surface area (Å²) in [5, 5.41) is 12.1. The van der Waals surface area contributed by atoms with Gasteiger partial charge < -0.3 is 15.2 Å². The first-order valence-electron chi connectivity index (χ1n) is 5.43. The van der Waals surface area contributed by atoms with E-state index in [1.54, 1.807) is 0 Å². The third kappa shape index (κ3) is 3.47. The van der Waals surface area contributed by atoms with Gasteiger partial charge in [0.15, 0.2) is 0 Å². The highest BCUT2D eigenvalue weighted by molar-refractivity contribution is 9.10. The van der Waals surface area contributed by atoms with Crippen LogP contribution in [0.3, 0.4) is 0 Å². The van der Waals surface area contributed by atoms with Crippen LogP contribution >= 0.6 is 15.9 Å². The largest absolute Gasteiger partial charge is 0.493 e. The van der Waals surface area contributed by atoms with E-state index >= 15 is 0 Å². The summed E-state index contributed by atoms with van der Waals surface area (Å²) in [6.45, 7) is 2.79. The molecule has 0 spiro atoms. The van der Waals surface area contributed by atoms with Crippen LogP contribution in [0.5, 0.6) is 5.75 Å². The molecular weight excluding hydrogens is 270 g/mol. The van der Waals surface area contributed by atoms with Crippen LogP contribution in [0.25, 0.3) is 0 Å². The molecule has 0 aliphatic heterocycles. The maximum atomic E-state index is 8.96. The fourth-order valence-corrected chi connectivity index (χ4v) is 2.12. The van der Waals surface area contributed by atoms with Gasteiger partial charge in [0, 0.05) is 12.6 Å². The molecule has 0 radical (unpaired) electrons. The molecule has 0 saturated heterocycles. The maximum Gasteiger partial charge on any atom is 0.133 e. The van der Waals surface area contributed by atoms with Crippen LogP contribution in [-0.2, 0) is 0 Å². The zero-order chi connectivity index (χ0) is 12.0. The number of ether oxygens (including phenoxy) is 1. The van der Waals surface area contributed by atoms with E-state index in [1.807, 2.05) is 32.2 Å². The molecule has 0 heterocycles. The Morgan fingerprint density at radius 2 is 2.25 bits per heavy atom. The second-order valence-corrected chi connectivity index (χ2v) is 4.33. The van der Waals surface area contributed by atoms with Crippen LogP contribution in [0.1, 0.15) is 24.9 Å². The van der Waals surface area contributed by atoms with Gasteiger partial charge in [-0.05, 0) is 54.0 Å². The summed E-state index contributed by atoms with van der Waals surface area (Å²) in [5.74, 6) is 0.852. The van der Waals surface area contributed by atoms with Gasteiger partial charge in [0.2, 0.25) is 0 Å². The number of benzene rings is 1. The Bertz CT molecular complexity index is 331. The summed E-state index contributed by atoms with van der Waals surface area (Å²) in [6, 6.07) is 6.18. The molecule has 90 valence electrons. The van der Waals surface area contributed by atoms with Crippen molar-refractivity contribution in [1.29, 1.82) is 0 Å². The summed E-state index contributed by atoms with van der Waals surface area (Å²) in [5.41, 5.74) is 1.15. The van der Waals surface area contributed by atoms with Crippen LogP contribution < -0.4 is 10.1 Å². The molecule has 2 N–H and O–H groups in total. The van der Waals surface area contributed by atoms with Gasteiger partial charge in [-0.1, -0.05) is 6.07 Å². The first-order chi connectivity index (χ1) is 7.72. The van der Waals surface area contributed by atoms with Gasteiger partial charge in [-0.15, -0.1) is 0 Å². The molecule has 0 aromatic heterocycles. The molecule has 0 bridgehead atoms. The number of aliphatic hydroxyl groups is 1. The zero-order valence-corrected chi connectivity index (χ0v) is 11.3. The lowest BCUT2D eigenvalue weighted by atomic mass is 10.0. The predicted molar refractivity (Wildman–Crippen MR) is 68.8 cm³/mol. The van der Waals surface area contributed by atoms with Crippen molar-refractivity contribution in [2.75, 3.05) is 20.3 Å². The van der Waals surface area contributed by atoms with Crippen LogP contribution in [0.2, 0.25) is 0 Å². The topological polar surface area (TPSA) is 41.5 Å². The first-order valence-corrected chi connectivity index (χ1v) is 6.22. The lowest BCUT2D eigenvalue weighted by Crippen LogP contribution is -2.17. The summed E-state index contributed by atoms with van der Waals surface area (Å²) in [7, 11) is 1.89. The van der Waals surface area contributed by atoms with E-state index in [2.05, 4.69) is 21.2 Å². The zero-order valence-electron chi connectivity index (χ0n) is 9.66. The summed E-state index contributed by atoms with van der Waals surface area (Å²) >= 11 is 3.48. The molecule has 1 atom stereocenters. The average molecular weight is 288 g/mol. The molecule has 3 nitrogen and oxygen atoms in total. The van der Waals surface area contributed by atoms with Crippen molar-refractivity contribution in [3.8, 4) is 5.75 Å². The molecule has 0 saturated carbocycles. The molecule has 0 aliphatic carbocycles. The van der Waals surface area contributed by atoms with E-state index in [9.17, 15) is 0 Å². The van der Waals surface area contributed by atoms with Gasteiger partial charge >= 0.3 is 0 Å². The summed E-state index contributed by atoms with van der Waals surface area (Å²) in [4.78, 5) is 0. The van der Waals surface area contributed by atoms with Crippen molar-refractivity contribution in [2.24, 2.45) is 0 Å². The van der Waals surface area contributed by atoms with Gasteiger partial charge in [-0.2, -0.15) is 0 Å². The standard InChI is InChI=1S/C12H18BrNO2/c1-3-16-12-5-4-9(8-10(12)13)11(14-2)6-7-15/h4-5,8,11,14-15H,3,6-7H2,1-2H3. The van der Waals surface area contributed by atoms with Crippen LogP contribution in [0.15, 0.2) is 22.7 Å². The van der Waals surface area contributed by atoms with Crippen molar-refractivity contribution < 1.29 is 9.84 Å². The number of nitrogens with one attached hydrogen (secondary N) is 1. The second-order valence-electron chi connectivity index (χ2n) is 3.48. The number of halogens is 1. The van der Waals surface area contributed by atoms with E-state index in [0.717, 1.165) is 15.8 Å². The minimum atomic E-state index is 0.177. The van der Waals surface area contributed by atoms with Crippen LogP contribution in [0, 0.1) is 0 Å². The van der Waals surface area contributed by atoms with Crippen molar-refractivity contribution in [3.63, 3.8) is 0 Å². The fraction of sp³-hybridized carbons (Fsp3) is 0.500. The smallest absolute Gasteiger partial charge is 0.133 e. The molecule has 1 aromatic rings. The minimum Gasteiger partial charge on any atom is -0.493 e. The molecule has 0 fully saturated rings. The first kappa shape index (κ1) is 13.5. The van der Waals surface area contributed by atoms with E-state index in [4.69, 9.17) is 9.84 Å². The highest BCUT2D eigenvalue weighted by Gasteiger charge is 2.10. The molecule has 4 heteroatoms. The van der Waals surface area contributed by atoms with Crippen LogP contribution in [0.4, 0.5) is 0 Å². The normalized spacial score (nSPS) is 12.5. The van der Waals surface area contributed by atoms with Crippen molar-refractivity contribution >= 4 is 15.9 Å². The number of hydrogen-bond acceptors (Lipinski definition) is 3. The fourth-order valence-electron chi connectivity index (χ4n) is 1.61. The molecule has 1 aromatic carbocycles. The molecule has 0 amide bonds. The molecular formula is C12H18BrNO2. The number of hydrogen-bond donors (Lipinski definition) is 2. The van der Waals surface area contributed by atoms with Gasteiger partial charge in [-0.3, -0.25) is 0 Å². The quantitative estimate of drug-likeness (QED) is 0.845. The molecule has 1 unspecified atom stereocenters.